The third kappa shape index (κ3) is 4.39. The van der Waals surface area contributed by atoms with Crippen molar-refractivity contribution in [2.75, 3.05) is 0 Å². The number of carbonyl (C=O) groups excluding carboxylic acids is 1. The van der Waals surface area contributed by atoms with Gasteiger partial charge in [0.25, 0.3) is 0 Å². The fourth-order valence-electron chi connectivity index (χ4n) is 2.88. The van der Waals surface area contributed by atoms with Crippen LogP contribution in [-0.2, 0) is 11.0 Å². The van der Waals surface area contributed by atoms with Gasteiger partial charge >= 0.3 is 6.18 Å². The Labute approximate surface area is 158 Å². The summed E-state index contributed by atoms with van der Waals surface area (Å²) in [5.74, 6) is -0.265. The van der Waals surface area contributed by atoms with Gasteiger partial charge in [0.05, 0.1) is 17.3 Å². The molecule has 9 heteroatoms. The van der Waals surface area contributed by atoms with Crippen molar-refractivity contribution >= 4 is 17.5 Å². The van der Waals surface area contributed by atoms with E-state index >= 15 is 0 Å². The molecule has 1 amide bonds. The first kappa shape index (κ1) is 19.2. The summed E-state index contributed by atoms with van der Waals surface area (Å²) in [5, 5.41) is 3.06. The van der Waals surface area contributed by atoms with Crippen LogP contribution in [-0.4, -0.2) is 15.9 Å². The standard InChI is InChI=1S/C18H15ClF3N3O2/c1-2-15(26)24-12-5-6-13(17-11(12)4-7-14(19)25-17)27-16-8-3-10(9-23-16)18(20,21)22/h2-4,7-9,12-13H,1,5-6H2,(H,24,26)/t12-,13+/m0/s1. The minimum Gasteiger partial charge on any atom is -0.468 e. The lowest BCUT2D eigenvalue weighted by atomic mass is 9.89. The van der Waals surface area contributed by atoms with E-state index in [0.29, 0.717) is 18.5 Å². The quantitative estimate of drug-likeness (QED) is 0.613. The number of nitrogens with zero attached hydrogens (tertiary/aromatic N) is 2. The number of amides is 1. The molecule has 2 heterocycles. The SMILES string of the molecule is C=CC(=O)N[C@H]1CC[C@@H](Oc2ccc(C(F)(F)F)cn2)c2nc(Cl)ccc21. The Morgan fingerprint density at radius 1 is 1.30 bits per heavy atom. The van der Waals surface area contributed by atoms with Gasteiger partial charge < -0.3 is 10.1 Å². The second-order valence-electron chi connectivity index (χ2n) is 5.94. The van der Waals surface area contributed by atoms with Crippen LogP contribution in [0.4, 0.5) is 13.2 Å². The van der Waals surface area contributed by atoms with Gasteiger partial charge in [0.2, 0.25) is 11.8 Å². The summed E-state index contributed by atoms with van der Waals surface area (Å²) in [4.78, 5) is 19.6. The molecule has 0 spiro atoms. The summed E-state index contributed by atoms with van der Waals surface area (Å²) >= 11 is 5.99. The first-order valence-corrected chi connectivity index (χ1v) is 8.45. The molecule has 0 saturated carbocycles. The van der Waals surface area contributed by atoms with E-state index in [4.69, 9.17) is 16.3 Å². The highest BCUT2D eigenvalue weighted by atomic mass is 35.5. The average Bonchev–Trinajstić information content (AvgIpc) is 2.63. The van der Waals surface area contributed by atoms with Gasteiger partial charge in [-0.3, -0.25) is 4.79 Å². The number of hydrogen-bond acceptors (Lipinski definition) is 4. The molecule has 2 aromatic rings. The Kier molecular flexibility index (Phi) is 5.36. The molecule has 0 aliphatic heterocycles. The number of nitrogens with one attached hydrogen (secondary N) is 1. The van der Waals surface area contributed by atoms with Crippen LogP contribution in [0, 0.1) is 0 Å². The van der Waals surface area contributed by atoms with Crippen LogP contribution in [0.2, 0.25) is 5.15 Å². The van der Waals surface area contributed by atoms with E-state index in [1.165, 1.54) is 12.1 Å². The van der Waals surface area contributed by atoms with Crippen LogP contribution in [0.25, 0.3) is 0 Å². The second-order valence-corrected chi connectivity index (χ2v) is 6.33. The zero-order chi connectivity index (χ0) is 19.6. The first-order chi connectivity index (χ1) is 12.8. The summed E-state index contributed by atoms with van der Waals surface area (Å²) in [5.41, 5.74) is 0.398. The number of fused-ring (bicyclic) bond motifs is 1. The van der Waals surface area contributed by atoms with E-state index in [2.05, 4.69) is 21.9 Å². The molecule has 2 atom stereocenters. The fourth-order valence-corrected chi connectivity index (χ4v) is 3.04. The van der Waals surface area contributed by atoms with Gasteiger partial charge in [-0.2, -0.15) is 13.2 Å². The molecule has 1 N–H and O–H groups in total. The average molecular weight is 398 g/mol. The Balaban J connectivity index is 1.84. The number of rotatable bonds is 4. The van der Waals surface area contributed by atoms with Crippen LogP contribution >= 0.6 is 11.6 Å². The normalized spacial score (nSPS) is 19.1. The Bertz CT molecular complexity index is 856. The van der Waals surface area contributed by atoms with Gasteiger partial charge in [-0.1, -0.05) is 24.2 Å². The van der Waals surface area contributed by atoms with Crippen LogP contribution < -0.4 is 10.1 Å². The molecule has 0 unspecified atom stereocenters. The number of pyridine rings is 2. The van der Waals surface area contributed by atoms with E-state index in [9.17, 15) is 18.0 Å². The molecule has 0 saturated heterocycles. The van der Waals surface area contributed by atoms with Crippen LogP contribution in [0.15, 0.2) is 43.1 Å². The zero-order valence-electron chi connectivity index (χ0n) is 14.0. The van der Waals surface area contributed by atoms with Crippen molar-refractivity contribution < 1.29 is 22.7 Å². The van der Waals surface area contributed by atoms with Crippen molar-refractivity contribution in [1.82, 2.24) is 15.3 Å². The van der Waals surface area contributed by atoms with Gasteiger partial charge in [0, 0.05) is 12.3 Å². The third-order valence-corrected chi connectivity index (χ3v) is 4.36. The van der Waals surface area contributed by atoms with E-state index in [-0.39, 0.29) is 23.0 Å². The number of aromatic nitrogens is 2. The Morgan fingerprint density at radius 2 is 2.07 bits per heavy atom. The summed E-state index contributed by atoms with van der Waals surface area (Å²) in [7, 11) is 0. The molecule has 1 aliphatic carbocycles. The van der Waals surface area contributed by atoms with Gasteiger partial charge in [0.15, 0.2) is 0 Å². The molecule has 0 bridgehead atoms. The molecule has 5 nitrogen and oxygen atoms in total. The summed E-state index contributed by atoms with van der Waals surface area (Å²) in [6.07, 6.45) is -2.07. The number of carbonyl (C=O) groups is 1. The predicted molar refractivity (Wildman–Crippen MR) is 92.2 cm³/mol. The fraction of sp³-hybridized carbons (Fsp3) is 0.278. The van der Waals surface area contributed by atoms with E-state index in [1.54, 1.807) is 12.1 Å². The molecule has 142 valence electrons. The van der Waals surface area contributed by atoms with Crippen molar-refractivity contribution in [1.29, 1.82) is 0 Å². The Morgan fingerprint density at radius 3 is 2.70 bits per heavy atom. The van der Waals surface area contributed by atoms with Crippen molar-refractivity contribution in [3.63, 3.8) is 0 Å². The lowest BCUT2D eigenvalue weighted by molar-refractivity contribution is -0.137. The lowest BCUT2D eigenvalue weighted by Crippen LogP contribution is -2.32. The van der Waals surface area contributed by atoms with E-state index in [0.717, 1.165) is 17.8 Å². The number of ether oxygens (including phenoxy) is 1. The molecule has 1 aliphatic rings. The maximum Gasteiger partial charge on any atom is 0.417 e. The molecule has 27 heavy (non-hydrogen) atoms. The molecular weight excluding hydrogens is 383 g/mol. The first-order valence-electron chi connectivity index (χ1n) is 8.07. The van der Waals surface area contributed by atoms with Gasteiger partial charge in [-0.15, -0.1) is 0 Å². The van der Waals surface area contributed by atoms with Crippen LogP contribution in [0.3, 0.4) is 0 Å². The van der Waals surface area contributed by atoms with Crippen LogP contribution in [0.1, 0.15) is 41.8 Å². The smallest absolute Gasteiger partial charge is 0.417 e. The van der Waals surface area contributed by atoms with E-state index < -0.39 is 17.8 Å². The van der Waals surface area contributed by atoms with Gasteiger partial charge in [-0.25, -0.2) is 9.97 Å². The highest BCUT2D eigenvalue weighted by Crippen LogP contribution is 2.38. The Hall–Kier alpha value is -2.61. The highest BCUT2D eigenvalue weighted by molar-refractivity contribution is 6.29. The monoisotopic (exact) mass is 397 g/mol. The maximum atomic E-state index is 12.6. The number of alkyl halides is 3. The summed E-state index contributed by atoms with van der Waals surface area (Å²) in [6.45, 7) is 3.43. The minimum atomic E-state index is -4.46. The molecule has 0 fully saturated rings. The summed E-state index contributed by atoms with van der Waals surface area (Å²) in [6, 6.07) is 5.14. The summed E-state index contributed by atoms with van der Waals surface area (Å²) < 4.78 is 43.7. The lowest BCUT2D eigenvalue weighted by Gasteiger charge is -2.31. The van der Waals surface area contributed by atoms with Gasteiger partial charge in [-0.05, 0) is 36.6 Å². The van der Waals surface area contributed by atoms with Crippen molar-refractivity contribution in [2.24, 2.45) is 0 Å². The predicted octanol–water partition coefficient (Wildman–Crippen LogP) is 4.41. The van der Waals surface area contributed by atoms with Gasteiger partial charge in [0.1, 0.15) is 11.3 Å². The number of halogens is 4. The molecule has 0 aromatic carbocycles. The highest BCUT2D eigenvalue weighted by Gasteiger charge is 2.33. The minimum absolute atomic E-state index is 0.0503. The molecular formula is C18H15ClF3N3O2. The van der Waals surface area contributed by atoms with Crippen molar-refractivity contribution in [3.05, 3.63) is 65.1 Å². The topological polar surface area (TPSA) is 64.1 Å². The number of hydrogen-bond donors (Lipinski definition) is 1. The molecule has 2 aromatic heterocycles. The second kappa shape index (κ2) is 7.56. The maximum absolute atomic E-state index is 12.6. The van der Waals surface area contributed by atoms with E-state index in [1.807, 2.05) is 0 Å². The van der Waals surface area contributed by atoms with Crippen LogP contribution in [0.5, 0.6) is 5.88 Å². The molecule has 0 radical (unpaired) electrons. The third-order valence-electron chi connectivity index (χ3n) is 4.15. The molecule has 3 rings (SSSR count). The largest absolute Gasteiger partial charge is 0.468 e. The zero-order valence-corrected chi connectivity index (χ0v) is 14.7. The van der Waals surface area contributed by atoms with Crippen molar-refractivity contribution in [3.8, 4) is 5.88 Å². The van der Waals surface area contributed by atoms with Crippen molar-refractivity contribution in [2.45, 2.75) is 31.2 Å².